The molecule has 4 heteroatoms. The third-order valence-electron chi connectivity index (χ3n) is 3.52. The van der Waals surface area contributed by atoms with Gasteiger partial charge in [0.15, 0.2) is 5.96 Å². The summed E-state index contributed by atoms with van der Waals surface area (Å²) in [5.74, 6) is 1.22. The standard InChI is InChI=1S/C15H29N3O/c1-5-6-7-8-9-10-15(4)13(19)17-14(18-15)16-11-12(2)3/h12H,5-11H2,1-4H3,(H2,16,17,18,19). The van der Waals surface area contributed by atoms with Gasteiger partial charge in [-0.3, -0.25) is 15.1 Å². The molecule has 1 unspecified atom stereocenters. The van der Waals surface area contributed by atoms with Crippen LogP contribution in [0.5, 0.6) is 0 Å². The van der Waals surface area contributed by atoms with Crippen molar-refractivity contribution in [1.29, 1.82) is 0 Å². The van der Waals surface area contributed by atoms with Crippen molar-refractivity contribution < 1.29 is 4.79 Å². The highest BCUT2D eigenvalue weighted by atomic mass is 16.2. The molecule has 0 spiro atoms. The molecule has 1 rings (SSSR count). The first kappa shape index (κ1) is 16.0. The van der Waals surface area contributed by atoms with Gasteiger partial charge in [0, 0.05) is 6.54 Å². The molecule has 0 radical (unpaired) electrons. The highest BCUT2D eigenvalue weighted by Crippen LogP contribution is 2.19. The van der Waals surface area contributed by atoms with Gasteiger partial charge < -0.3 is 5.32 Å². The molecule has 0 aromatic carbocycles. The summed E-state index contributed by atoms with van der Waals surface area (Å²) in [5, 5.41) is 6.10. The molecule has 0 bridgehead atoms. The van der Waals surface area contributed by atoms with Gasteiger partial charge in [-0.25, -0.2) is 0 Å². The van der Waals surface area contributed by atoms with Crippen LogP contribution in [0.15, 0.2) is 4.99 Å². The first-order valence-corrected chi connectivity index (χ1v) is 7.62. The minimum atomic E-state index is -0.470. The number of guanidine groups is 1. The van der Waals surface area contributed by atoms with Crippen LogP contribution in [0.25, 0.3) is 0 Å². The van der Waals surface area contributed by atoms with Crippen molar-refractivity contribution in [3.05, 3.63) is 0 Å². The number of carbonyl (C=O) groups excluding carboxylic acids is 1. The lowest BCUT2D eigenvalue weighted by molar-refractivity contribution is -0.123. The van der Waals surface area contributed by atoms with E-state index in [1.54, 1.807) is 0 Å². The molecule has 0 aliphatic carbocycles. The van der Waals surface area contributed by atoms with Crippen LogP contribution in [0.3, 0.4) is 0 Å². The lowest BCUT2D eigenvalue weighted by atomic mass is 9.94. The molecule has 1 atom stereocenters. The fourth-order valence-corrected chi connectivity index (χ4v) is 2.21. The van der Waals surface area contributed by atoms with Gasteiger partial charge in [0.2, 0.25) is 0 Å². The maximum Gasteiger partial charge on any atom is 0.252 e. The van der Waals surface area contributed by atoms with Gasteiger partial charge in [-0.1, -0.05) is 52.9 Å². The predicted molar refractivity (Wildman–Crippen MR) is 80.2 cm³/mol. The molecule has 1 aliphatic heterocycles. The number of carbonyl (C=O) groups is 1. The second kappa shape index (κ2) is 7.51. The third-order valence-corrected chi connectivity index (χ3v) is 3.52. The van der Waals surface area contributed by atoms with E-state index >= 15 is 0 Å². The monoisotopic (exact) mass is 267 g/mol. The lowest BCUT2D eigenvalue weighted by Crippen LogP contribution is -2.43. The fourth-order valence-electron chi connectivity index (χ4n) is 2.21. The Morgan fingerprint density at radius 1 is 1.21 bits per heavy atom. The largest absolute Gasteiger partial charge is 0.342 e. The molecule has 1 heterocycles. The number of nitrogens with one attached hydrogen (secondary N) is 2. The smallest absolute Gasteiger partial charge is 0.252 e. The molecular weight excluding hydrogens is 238 g/mol. The molecule has 4 nitrogen and oxygen atoms in total. The summed E-state index contributed by atoms with van der Waals surface area (Å²) < 4.78 is 0. The SMILES string of the molecule is CCCCCCCC1(C)NC(=NCC(C)C)NC1=O. The van der Waals surface area contributed by atoms with E-state index in [4.69, 9.17) is 0 Å². The van der Waals surface area contributed by atoms with Gasteiger partial charge in [0.25, 0.3) is 5.91 Å². The number of unbranched alkanes of at least 4 members (excludes halogenated alkanes) is 4. The van der Waals surface area contributed by atoms with Gasteiger partial charge in [-0.15, -0.1) is 0 Å². The Morgan fingerprint density at radius 3 is 2.53 bits per heavy atom. The molecule has 0 aromatic rings. The molecule has 2 N–H and O–H groups in total. The van der Waals surface area contributed by atoms with Crippen LogP contribution in [0.4, 0.5) is 0 Å². The number of aliphatic imine (C=N–C) groups is 1. The van der Waals surface area contributed by atoms with Crippen molar-refractivity contribution in [2.45, 2.75) is 71.8 Å². The van der Waals surface area contributed by atoms with Crippen LogP contribution >= 0.6 is 0 Å². The molecule has 0 saturated carbocycles. The average Bonchev–Trinajstić information content (AvgIpc) is 2.63. The highest BCUT2D eigenvalue weighted by Gasteiger charge is 2.39. The summed E-state index contributed by atoms with van der Waals surface area (Å²) in [6.45, 7) is 9.17. The maximum absolute atomic E-state index is 12.0. The van der Waals surface area contributed by atoms with Crippen LogP contribution in [-0.2, 0) is 4.79 Å². The molecule has 110 valence electrons. The number of amides is 1. The maximum atomic E-state index is 12.0. The summed E-state index contributed by atoms with van der Waals surface area (Å²) >= 11 is 0. The number of hydrogen-bond acceptors (Lipinski definition) is 2. The Bertz CT molecular complexity index is 325. The second-order valence-corrected chi connectivity index (χ2v) is 6.16. The van der Waals surface area contributed by atoms with Crippen molar-refractivity contribution in [2.24, 2.45) is 10.9 Å². The molecule has 1 amide bonds. The van der Waals surface area contributed by atoms with E-state index in [0.29, 0.717) is 11.9 Å². The molecule has 0 aromatic heterocycles. The first-order chi connectivity index (χ1) is 8.98. The van der Waals surface area contributed by atoms with Crippen molar-refractivity contribution in [2.75, 3.05) is 6.54 Å². The quantitative estimate of drug-likeness (QED) is 0.664. The van der Waals surface area contributed by atoms with Crippen molar-refractivity contribution in [1.82, 2.24) is 10.6 Å². The molecular formula is C15H29N3O. The van der Waals surface area contributed by atoms with Crippen molar-refractivity contribution >= 4 is 11.9 Å². The van der Waals surface area contributed by atoms with E-state index in [1.165, 1.54) is 25.7 Å². The van der Waals surface area contributed by atoms with Crippen LogP contribution in [0.1, 0.15) is 66.2 Å². The zero-order valence-corrected chi connectivity index (χ0v) is 12.9. The Balaban J connectivity index is 2.39. The molecule has 19 heavy (non-hydrogen) atoms. The van der Waals surface area contributed by atoms with Crippen LogP contribution < -0.4 is 10.6 Å². The minimum absolute atomic E-state index is 0.0606. The summed E-state index contributed by atoms with van der Waals surface area (Å²) in [6.07, 6.45) is 6.98. The topological polar surface area (TPSA) is 53.5 Å². The van der Waals surface area contributed by atoms with Gasteiger partial charge in [0.1, 0.15) is 5.54 Å². The van der Waals surface area contributed by atoms with Crippen LogP contribution in [-0.4, -0.2) is 24.0 Å². The van der Waals surface area contributed by atoms with E-state index < -0.39 is 5.54 Å². The van der Waals surface area contributed by atoms with E-state index in [0.717, 1.165) is 19.4 Å². The van der Waals surface area contributed by atoms with Crippen molar-refractivity contribution in [3.63, 3.8) is 0 Å². The summed E-state index contributed by atoms with van der Waals surface area (Å²) in [6, 6.07) is 0. The normalized spacial score (nSPS) is 24.9. The average molecular weight is 267 g/mol. The van der Waals surface area contributed by atoms with Crippen LogP contribution in [0.2, 0.25) is 0 Å². The minimum Gasteiger partial charge on any atom is -0.342 e. The zero-order valence-electron chi connectivity index (χ0n) is 12.9. The van der Waals surface area contributed by atoms with Gasteiger partial charge in [-0.05, 0) is 19.3 Å². The molecule has 1 aliphatic rings. The van der Waals surface area contributed by atoms with Crippen LogP contribution in [0, 0.1) is 5.92 Å². The van der Waals surface area contributed by atoms with Crippen molar-refractivity contribution in [3.8, 4) is 0 Å². The van der Waals surface area contributed by atoms with Gasteiger partial charge in [0.05, 0.1) is 0 Å². The number of nitrogens with zero attached hydrogens (tertiary/aromatic N) is 1. The summed E-state index contributed by atoms with van der Waals surface area (Å²) in [7, 11) is 0. The Labute approximate surface area is 117 Å². The third kappa shape index (κ3) is 5.21. The molecule has 1 fully saturated rings. The first-order valence-electron chi connectivity index (χ1n) is 7.62. The van der Waals surface area contributed by atoms with E-state index in [1.807, 2.05) is 6.92 Å². The predicted octanol–water partition coefficient (Wildman–Crippen LogP) is 2.84. The number of hydrogen-bond donors (Lipinski definition) is 2. The Hall–Kier alpha value is -1.06. The second-order valence-electron chi connectivity index (χ2n) is 6.16. The lowest BCUT2D eigenvalue weighted by Gasteiger charge is -2.20. The zero-order chi connectivity index (χ0) is 14.3. The van der Waals surface area contributed by atoms with E-state index in [-0.39, 0.29) is 5.91 Å². The number of rotatable bonds is 8. The summed E-state index contributed by atoms with van der Waals surface area (Å²) in [4.78, 5) is 16.4. The highest BCUT2D eigenvalue weighted by molar-refractivity contribution is 6.08. The fraction of sp³-hybridized carbons (Fsp3) is 0.867. The van der Waals surface area contributed by atoms with E-state index in [2.05, 4.69) is 36.4 Å². The summed E-state index contributed by atoms with van der Waals surface area (Å²) in [5.41, 5.74) is -0.470. The van der Waals surface area contributed by atoms with Gasteiger partial charge >= 0.3 is 0 Å². The van der Waals surface area contributed by atoms with E-state index in [9.17, 15) is 4.79 Å². The Morgan fingerprint density at radius 2 is 1.89 bits per heavy atom. The molecule has 1 saturated heterocycles. The van der Waals surface area contributed by atoms with Gasteiger partial charge in [-0.2, -0.15) is 0 Å². The Kier molecular flexibility index (Phi) is 6.32.